The van der Waals surface area contributed by atoms with Gasteiger partial charge in [-0.25, -0.2) is 0 Å². The van der Waals surface area contributed by atoms with E-state index in [1.165, 1.54) is 0 Å². The summed E-state index contributed by atoms with van der Waals surface area (Å²) < 4.78 is 0.767. The first-order chi connectivity index (χ1) is 10.1. The lowest BCUT2D eigenvalue weighted by Crippen LogP contribution is -2.02. The molecule has 2 aromatic rings. The monoisotopic (exact) mass is 346 g/mol. The Kier molecular flexibility index (Phi) is 4.40. The fourth-order valence-corrected chi connectivity index (χ4v) is 2.27. The van der Waals surface area contributed by atoms with E-state index in [9.17, 15) is 10.1 Å². The maximum absolute atomic E-state index is 11.3. The molecule has 0 saturated carbocycles. The molecule has 2 N–H and O–H groups in total. The van der Waals surface area contributed by atoms with Gasteiger partial charge in [-0.3, -0.25) is 10.1 Å². The highest BCUT2D eigenvalue weighted by molar-refractivity contribution is 9.10. The van der Waals surface area contributed by atoms with Crippen LogP contribution >= 0.6 is 15.9 Å². The number of nitrogens with one attached hydrogen (secondary N) is 2. The molecule has 2 aromatic carbocycles. The van der Waals surface area contributed by atoms with Gasteiger partial charge in [0.2, 0.25) is 0 Å². The molecule has 0 unspecified atom stereocenters. The molecule has 0 aliphatic heterocycles. The molecule has 0 aliphatic carbocycles. The number of hydrogen-bond donors (Lipinski definition) is 2. The molecular formula is C14H11BrN4O2. The van der Waals surface area contributed by atoms with Crippen LogP contribution in [-0.2, 0) is 0 Å². The smallest absolute Gasteiger partial charge is 0.315 e. The summed E-state index contributed by atoms with van der Waals surface area (Å²) in [7, 11) is 1.62. The Bertz CT molecular complexity index is 740. The number of nitro benzene ring substituents is 1. The molecule has 0 spiro atoms. The van der Waals surface area contributed by atoms with Crippen molar-refractivity contribution in [2.24, 2.45) is 0 Å². The van der Waals surface area contributed by atoms with E-state index in [1.807, 2.05) is 0 Å². The SMILES string of the molecule is CNc1cccc(Nc2ccc(Br)cc2C#N)c1[N+](=O)[O-]. The van der Waals surface area contributed by atoms with Crippen molar-refractivity contribution >= 4 is 38.7 Å². The zero-order valence-electron chi connectivity index (χ0n) is 11.1. The standard InChI is InChI=1S/C14H11BrN4O2/c1-17-12-3-2-4-13(14(12)19(20)21)18-11-6-5-10(15)7-9(11)8-16/h2-7,17-18H,1H3. The normalized spacial score (nSPS) is 9.76. The van der Waals surface area contributed by atoms with Crippen molar-refractivity contribution in [3.05, 3.63) is 56.5 Å². The highest BCUT2D eigenvalue weighted by Gasteiger charge is 2.19. The van der Waals surface area contributed by atoms with Gasteiger partial charge in [-0.15, -0.1) is 0 Å². The van der Waals surface area contributed by atoms with E-state index in [-0.39, 0.29) is 5.69 Å². The van der Waals surface area contributed by atoms with Crippen molar-refractivity contribution in [1.29, 1.82) is 5.26 Å². The number of para-hydroxylation sites is 1. The predicted molar refractivity (Wildman–Crippen MR) is 84.8 cm³/mol. The topological polar surface area (TPSA) is 91.0 Å². The third-order valence-electron chi connectivity index (χ3n) is 2.86. The molecule has 0 heterocycles. The number of nitriles is 1. The first-order valence-corrected chi connectivity index (χ1v) is 6.78. The summed E-state index contributed by atoms with van der Waals surface area (Å²) in [5.41, 5.74) is 1.57. The van der Waals surface area contributed by atoms with Gasteiger partial charge in [0.05, 0.1) is 16.2 Å². The summed E-state index contributed by atoms with van der Waals surface area (Å²) in [4.78, 5) is 10.8. The Balaban J connectivity index is 2.50. The van der Waals surface area contributed by atoms with Gasteiger partial charge in [0.1, 0.15) is 17.4 Å². The van der Waals surface area contributed by atoms with Gasteiger partial charge in [-0.05, 0) is 30.3 Å². The lowest BCUT2D eigenvalue weighted by molar-refractivity contribution is -0.383. The van der Waals surface area contributed by atoms with Crippen LogP contribution in [0.15, 0.2) is 40.9 Å². The molecule has 2 rings (SSSR count). The van der Waals surface area contributed by atoms with E-state index in [0.29, 0.717) is 22.6 Å². The third-order valence-corrected chi connectivity index (χ3v) is 3.35. The second-order valence-corrected chi connectivity index (χ2v) is 5.05. The van der Waals surface area contributed by atoms with Crippen LogP contribution in [0.1, 0.15) is 5.56 Å². The van der Waals surface area contributed by atoms with Gasteiger partial charge in [0, 0.05) is 11.5 Å². The van der Waals surface area contributed by atoms with E-state index in [0.717, 1.165) is 4.47 Å². The number of rotatable bonds is 4. The van der Waals surface area contributed by atoms with Crippen molar-refractivity contribution in [3.63, 3.8) is 0 Å². The fourth-order valence-electron chi connectivity index (χ4n) is 1.91. The number of halogens is 1. The van der Waals surface area contributed by atoms with E-state index in [2.05, 4.69) is 32.6 Å². The number of benzene rings is 2. The maximum Gasteiger partial charge on any atom is 0.315 e. The summed E-state index contributed by atoms with van der Waals surface area (Å²) in [6.07, 6.45) is 0. The van der Waals surface area contributed by atoms with Crippen LogP contribution in [0.2, 0.25) is 0 Å². The van der Waals surface area contributed by atoms with Gasteiger partial charge in [-0.2, -0.15) is 5.26 Å². The molecule has 7 heteroatoms. The predicted octanol–water partition coefficient (Wildman–Crippen LogP) is 4.01. The molecule has 0 radical (unpaired) electrons. The van der Waals surface area contributed by atoms with Crippen molar-refractivity contribution < 1.29 is 4.92 Å². The highest BCUT2D eigenvalue weighted by atomic mass is 79.9. The second-order valence-electron chi connectivity index (χ2n) is 4.14. The third kappa shape index (κ3) is 3.12. The van der Waals surface area contributed by atoms with Crippen LogP contribution in [0, 0.1) is 21.4 Å². The van der Waals surface area contributed by atoms with Gasteiger partial charge in [0.15, 0.2) is 0 Å². The summed E-state index contributed by atoms with van der Waals surface area (Å²) in [6.45, 7) is 0. The van der Waals surface area contributed by atoms with Crippen LogP contribution in [0.3, 0.4) is 0 Å². The molecule has 21 heavy (non-hydrogen) atoms. The maximum atomic E-state index is 11.3. The molecule has 6 nitrogen and oxygen atoms in total. The highest BCUT2D eigenvalue weighted by Crippen LogP contribution is 2.35. The second kappa shape index (κ2) is 6.24. The molecule has 0 saturated heterocycles. The van der Waals surface area contributed by atoms with Crippen LogP contribution in [-0.4, -0.2) is 12.0 Å². The Labute approximate surface area is 129 Å². The fraction of sp³-hybridized carbons (Fsp3) is 0.0714. The molecule has 106 valence electrons. The first kappa shape index (κ1) is 14.8. The number of hydrogen-bond acceptors (Lipinski definition) is 5. The summed E-state index contributed by atoms with van der Waals surface area (Å²) in [6, 6.07) is 12.1. The largest absolute Gasteiger partial charge is 0.382 e. The van der Waals surface area contributed by atoms with E-state index >= 15 is 0 Å². The van der Waals surface area contributed by atoms with Gasteiger partial charge in [0.25, 0.3) is 0 Å². The molecular weight excluding hydrogens is 336 g/mol. The molecule has 0 fully saturated rings. The van der Waals surface area contributed by atoms with Crippen molar-refractivity contribution in [2.75, 3.05) is 17.7 Å². The minimum Gasteiger partial charge on any atom is -0.382 e. The van der Waals surface area contributed by atoms with Crippen LogP contribution in [0.5, 0.6) is 0 Å². The zero-order valence-corrected chi connectivity index (χ0v) is 12.6. The lowest BCUT2D eigenvalue weighted by atomic mass is 10.1. The van der Waals surface area contributed by atoms with Gasteiger partial charge >= 0.3 is 5.69 Å². The first-order valence-electron chi connectivity index (χ1n) is 5.98. The van der Waals surface area contributed by atoms with Crippen LogP contribution in [0.4, 0.5) is 22.7 Å². The Morgan fingerprint density at radius 1 is 1.24 bits per heavy atom. The Hall–Kier alpha value is -2.59. The molecule has 0 aliphatic rings. The van der Waals surface area contributed by atoms with Crippen LogP contribution < -0.4 is 10.6 Å². The summed E-state index contributed by atoms with van der Waals surface area (Å²) in [5, 5.41) is 26.1. The molecule has 0 bridgehead atoms. The Morgan fingerprint density at radius 3 is 2.57 bits per heavy atom. The quantitative estimate of drug-likeness (QED) is 0.644. The Morgan fingerprint density at radius 2 is 1.95 bits per heavy atom. The summed E-state index contributed by atoms with van der Waals surface area (Å²) in [5.74, 6) is 0. The average molecular weight is 347 g/mol. The minimum absolute atomic E-state index is 0.0631. The minimum atomic E-state index is -0.459. The van der Waals surface area contributed by atoms with E-state index < -0.39 is 4.92 Å². The summed E-state index contributed by atoms with van der Waals surface area (Å²) >= 11 is 3.29. The lowest BCUT2D eigenvalue weighted by Gasteiger charge is -2.11. The zero-order chi connectivity index (χ0) is 15.4. The molecule has 0 amide bonds. The van der Waals surface area contributed by atoms with Crippen molar-refractivity contribution in [3.8, 4) is 6.07 Å². The van der Waals surface area contributed by atoms with Gasteiger partial charge < -0.3 is 10.6 Å². The van der Waals surface area contributed by atoms with Crippen molar-refractivity contribution in [1.82, 2.24) is 0 Å². The van der Waals surface area contributed by atoms with Crippen LogP contribution in [0.25, 0.3) is 0 Å². The molecule has 0 atom stereocenters. The van der Waals surface area contributed by atoms with Crippen molar-refractivity contribution in [2.45, 2.75) is 0 Å². The average Bonchev–Trinajstić information content (AvgIpc) is 2.48. The number of nitro groups is 1. The van der Waals surface area contributed by atoms with E-state index in [4.69, 9.17) is 5.26 Å². The number of anilines is 3. The van der Waals surface area contributed by atoms with Gasteiger partial charge in [-0.1, -0.05) is 22.0 Å². The molecule has 0 aromatic heterocycles. The van der Waals surface area contributed by atoms with E-state index in [1.54, 1.807) is 43.4 Å². The number of nitrogens with zero attached hydrogens (tertiary/aromatic N) is 2.